The number of nitrogens with two attached hydrogens (primary N) is 1. The van der Waals surface area contributed by atoms with Gasteiger partial charge in [-0.25, -0.2) is 9.59 Å². The van der Waals surface area contributed by atoms with Gasteiger partial charge in [0.1, 0.15) is 11.8 Å². The number of hydrogen-bond acceptors (Lipinski definition) is 6. The molecular weight excluding hydrogens is 128 g/mol. The zero-order chi connectivity index (χ0) is 6.85. The van der Waals surface area contributed by atoms with Gasteiger partial charge >= 0.3 is 11.9 Å². The van der Waals surface area contributed by atoms with Gasteiger partial charge in [0.2, 0.25) is 0 Å². The van der Waals surface area contributed by atoms with Crippen LogP contribution >= 0.6 is 0 Å². The van der Waals surface area contributed by atoms with Crippen molar-refractivity contribution in [2.45, 2.75) is 6.42 Å². The number of carbonyl (C=O) groups is 2. The van der Waals surface area contributed by atoms with E-state index in [2.05, 4.69) is 9.68 Å². The maximum absolute atomic E-state index is 10.2. The molecule has 0 radical (unpaired) electrons. The third-order valence-electron chi connectivity index (χ3n) is 0.672. The fourth-order valence-corrected chi connectivity index (χ4v) is 0.402. The Kier molecular flexibility index (Phi) is 1.33. The van der Waals surface area contributed by atoms with E-state index in [1.54, 1.807) is 0 Å². The Balaban J connectivity index is 2.53. The van der Waals surface area contributed by atoms with Crippen molar-refractivity contribution < 1.29 is 19.3 Å². The quantitative estimate of drug-likeness (QED) is 0.318. The van der Waals surface area contributed by atoms with Gasteiger partial charge in [-0.1, -0.05) is 0 Å². The summed E-state index contributed by atoms with van der Waals surface area (Å²) in [6, 6.07) is 0. The van der Waals surface area contributed by atoms with Crippen LogP contribution in [0.5, 0.6) is 0 Å². The molecule has 9 heavy (non-hydrogen) atoms. The number of nitrogens with zero attached hydrogens (tertiary/aromatic N) is 1. The van der Waals surface area contributed by atoms with Gasteiger partial charge in [-0.2, -0.15) is 5.84 Å². The summed E-state index contributed by atoms with van der Waals surface area (Å²) in [6.45, 7) is 0. The Hall–Kier alpha value is -1.14. The van der Waals surface area contributed by atoms with Gasteiger partial charge < -0.3 is 9.68 Å². The summed E-state index contributed by atoms with van der Waals surface area (Å²) < 4.78 is 0. The Morgan fingerprint density at radius 2 is 1.78 bits per heavy atom. The van der Waals surface area contributed by atoms with Crippen LogP contribution in [0.4, 0.5) is 0 Å². The Labute approximate surface area is 50.0 Å². The molecule has 0 aromatic heterocycles. The molecule has 0 aromatic rings. The number of rotatable bonds is 0. The van der Waals surface area contributed by atoms with E-state index in [1.807, 2.05) is 0 Å². The lowest BCUT2D eigenvalue weighted by molar-refractivity contribution is -0.340. The lowest BCUT2D eigenvalue weighted by atomic mass is 10.4. The van der Waals surface area contributed by atoms with Gasteiger partial charge in [0.05, 0.1) is 0 Å². The first-order valence-corrected chi connectivity index (χ1v) is 2.15. The minimum Gasteiger partial charge on any atom is -0.318 e. The highest BCUT2D eigenvalue weighted by molar-refractivity contribution is 5.91. The van der Waals surface area contributed by atoms with Crippen LogP contribution in [0, 0.1) is 0 Å². The number of carbonyl (C=O) groups excluding carboxylic acids is 2. The molecule has 0 atom stereocenters. The predicted molar refractivity (Wildman–Crippen MR) is 22.8 cm³/mol. The van der Waals surface area contributed by atoms with Crippen molar-refractivity contribution in [3.8, 4) is 0 Å². The van der Waals surface area contributed by atoms with Crippen LogP contribution in [0.1, 0.15) is 6.42 Å². The molecule has 1 rings (SSSR count). The van der Waals surface area contributed by atoms with E-state index in [-0.39, 0.29) is 11.8 Å². The minimum absolute atomic E-state index is 0.230. The predicted octanol–water partition coefficient (Wildman–Crippen LogP) is -1.52. The van der Waals surface area contributed by atoms with Gasteiger partial charge in [0.25, 0.3) is 0 Å². The molecule has 0 amide bonds. The van der Waals surface area contributed by atoms with Crippen molar-refractivity contribution in [2.24, 2.45) is 5.84 Å². The fourth-order valence-electron chi connectivity index (χ4n) is 0.402. The largest absolute Gasteiger partial charge is 0.342 e. The molecule has 1 heterocycles. The summed E-state index contributed by atoms with van der Waals surface area (Å²) in [5, 5.41) is 0.230. The molecular formula is C3H4N2O4. The van der Waals surface area contributed by atoms with Crippen LogP contribution < -0.4 is 5.84 Å². The molecule has 2 N–H and O–H groups in total. The van der Waals surface area contributed by atoms with E-state index in [9.17, 15) is 9.59 Å². The molecule has 6 heteroatoms. The average Bonchev–Trinajstić information content (AvgIpc) is 1.59. The van der Waals surface area contributed by atoms with E-state index in [0.717, 1.165) is 0 Å². The summed E-state index contributed by atoms with van der Waals surface area (Å²) in [5.41, 5.74) is 0. The molecule has 1 aliphatic heterocycles. The number of hydrazine groups is 1. The highest BCUT2D eigenvalue weighted by atomic mass is 17.0. The van der Waals surface area contributed by atoms with Crippen molar-refractivity contribution in [3.05, 3.63) is 0 Å². The monoisotopic (exact) mass is 132 g/mol. The van der Waals surface area contributed by atoms with E-state index in [4.69, 9.17) is 5.84 Å². The second kappa shape index (κ2) is 2.00. The summed E-state index contributed by atoms with van der Waals surface area (Å²) in [5.74, 6) is 3.33. The second-order valence-corrected chi connectivity index (χ2v) is 1.39. The zero-order valence-corrected chi connectivity index (χ0v) is 4.36. The molecule has 0 unspecified atom stereocenters. The molecule has 0 saturated carbocycles. The average molecular weight is 132 g/mol. The Bertz CT molecular complexity index is 140. The van der Waals surface area contributed by atoms with Crippen molar-refractivity contribution in [1.82, 2.24) is 5.34 Å². The first kappa shape index (κ1) is 5.99. The molecule has 0 spiro atoms. The summed E-state index contributed by atoms with van der Waals surface area (Å²) in [7, 11) is 0. The van der Waals surface area contributed by atoms with Crippen molar-refractivity contribution >= 4 is 11.9 Å². The maximum Gasteiger partial charge on any atom is 0.342 e. The van der Waals surface area contributed by atoms with Gasteiger partial charge in [0.15, 0.2) is 0 Å². The molecule has 6 nitrogen and oxygen atoms in total. The zero-order valence-electron chi connectivity index (χ0n) is 4.36. The van der Waals surface area contributed by atoms with Crippen molar-refractivity contribution in [1.29, 1.82) is 0 Å². The summed E-state index contributed by atoms with van der Waals surface area (Å²) in [4.78, 5) is 28.6. The summed E-state index contributed by atoms with van der Waals surface area (Å²) >= 11 is 0. The van der Waals surface area contributed by atoms with Gasteiger partial charge in [-0.3, -0.25) is 0 Å². The van der Waals surface area contributed by atoms with Crippen LogP contribution in [-0.4, -0.2) is 17.3 Å². The lowest BCUT2D eigenvalue weighted by Crippen LogP contribution is -2.41. The minimum atomic E-state index is -0.714. The fraction of sp³-hybridized carbons (Fsp3) is 0.333. The van der Waals surface area contributed by atoms with Crippen LogP contribution in [0.15, 0.2) is 0 Å². The van der Waals surface area contributed by atoms with Gasteiger partial charge in [-0.15, -0.1) is 0 Å². The highest BCUT2D eigenvalue weighted by Gasteiger charge is 2.23. The molecule has 0 bridgehead atoms. The highest BCUT2D eigenvalue weighted by Crippen LogP contribution is 2.00. The molecule has 1 aliphatic rings. The van der Waals surface area contributed by atoms with E-state index in [1.165, 1.54) is 0 Å². The standard InChI is InChI=1S/C3H4N2O4/c4-5-8-2(6)1-3(7)9-5/h1,4H2. The molecule has 1 saturated heterocycles. The van der Waals surface area contributed by atoms with E-state index < -0.39 is 11.9 Å². The molecule has 1 fully saturated rings. The Morgan fingerprint density at radius 1 is 1.33 bits per heavy atom. The number of hydrogen-bond donors (Lipinski definition) is 1. The third kappa shape index (κ3) is 1.37. The van der Waals surface area contributed by atoms with Crippen LogP contribution in [0.2, 0.25) is 0 Å². The maximum atomic E-state index is 10.2. The smallest absolute Gasteiger partial charge is 0.318 e. The molecule has 0 aromatic carbocycles. The Morgan fingerprint density at radius 3 is 2.11 bits per heavy atom. The third-order valence-corrected chi connectivity index (χ3v) is 0.672. The van der Waals surface area contributed by atoms with Gasteiger partial charge in [0, 0.05) is 0 Å². The van der Waals surface area contributed by atoms with Crippen molar-refractivity contribution in [2.75, 3.05) is 0 Å². The summed E-state index contributed by atoms with van der Waals surface area (Å²) in [6.07, 6.45) is -0.381. The van der Waals surface area contributed by atoms with Crippen LogP contribution in [0.25, 0.3) is 0 Å². The van der Waals surface area contributed by atoms with Crippen molar-refractivity contribution in [3.63, 3.8) is 0 Å². The molecule has 50 valence electrons. The first-order valence-electron chi connectivity index (χ1n) is 2.15. The van der Waals surface area contributed by atoms with Crippen LogP contribution in [-0.2, 0) is 19.3 Å². The lowest BCUT2D eigenvalue weighted by Gasteiger charge is -2.17. The topological polar surface area (TPSA) is 81.9 Å². The van der Waals surface area contributed by atoms with Gasteiger partial charge in [-0.05, 0) is 0 Å². The first-order chi connectivity index (χ1) is 4.18. The normalized spacial score (nSPS) is 21.0. The molecule has 0 aliphatic carbocycles. The SMILES string of the molecule is NN1OC(=O)CC(=O)O1. The second-order valence-electron chi connectivity index (χ2n) is 1.39. The van der Waals surface area contributed by atoms with Crippen LogP contribution in [0.3, 0.4) is 0 Å². The van der Waals surface area contributed by atoms with E-state index in [0.29, 0.717) is 0 Å². The van der Waals surface area contributed by atoms with E-state index >= 15 is 0 Å².